The maximum Gasteiger partial charge on any atom is 0.0597 e. The molecule has 3 heteroatoms. The fourth-order valence-electron chi connectivity index (χ4n) is 2.66. The molecule has 16 heavy (non-hydrogen) atoms. The van der Waals surface area contributed by atoms with Crippen LogP contribution in [0.1, 0.15) is 39.5 Å². The molecule has 2 fully saturated rings. The van der Waals surface area contributed by atoms with Gasteiger partial charge in [0, 0.05) is 31.2 Å². The summed E-state index contributed by atoms with van der Waals surface area (Å²) in [5, 5.41) is 12.9. The molecular formula is C13H26N2O. The summed E-state index contributed by atoms with van der Waals surface area (Å²) in [5.74, 6) is 0.816. The van der Waals surface area contributed by atoms with Crippen LogP contribution in [0.5, 0.6) is 0 Å². The monoisotopic (exact) mass is 226 g/mol. The first-order valence-corrected chi connectivity index (χ1v) is 6.80. The van der Waals surface area contributed by atoms with Crippen molar-refractivity contribution in [2.45, 2.75) is 57.7 Å². The number of nitrogens with one attached hydrogen (secondary N) is 1. The highest BCUT2D eigenvalue weighted by Crippen LogP contribution is 2.23. The number of aliphatic hydroxyl groups excluding tert-OH is 1. The van der Waals surface area contributed by atoms with Crippen LogP contribution in [0.25, 0.3) is 0 Å². The highest BCUT2D eigenvalue weighted by atomic mass is 16.3. The Labute approximate surface area is 99.2 Å². The molecule has 2 aliphatic rings. The standard InChI is InChI=1S/C13H26N2O/c1-10-3-4-11(2)15(7-10)8-13(9-16)14-12-5-6-12/h10-14,16H,3-9H2,1-2H3. The summed E-state index contributed by atoms with van der Waals surface area (Å²) < 4.78 is 0. The van der Waals surface area contributed by atoms with E-state index in [9.17, 15) is 5.11 Å². The highest BCUT2D eigenvalue weighted by molar-refractivity contribution is 4.87. The highest BCUT2D eigenvalue weighted by Gasteiger charge is 2.28. The Morgan fingerprint density at radius 3 is 2.62 bits per heavy atom. The van der Waals surface area contributed by atoms with Crippen molar-refractivity contribution in [2.24, 2.45) is 5.92 Å². The van der Waals surface area contributed by atoms with E-state index in [4.69, 9.17) is 0 Å². The quantitative estimate of drug-likeness (QED) is 0.740. The van der Waals surface area contributed by atoms with Gasteiger partial charge in [0.15, 0.2) is 0 Å². The zero-order valence-corrected chi connectivity index (χ0v) is 10.7. The maximum absolute atomic E-state index is 9.40. The zero-order chi connectivity index (χ0) is 11.5. The largest absolute Gasteiger partial charge is 0.395 e. The molecule has 2 rings (SSSR count). The van der Waals surface area contributed by atoms with Crippen LogP contribution in [0.4, 0.5) is 0 Å². The van der Waals surface area contributed by atoms with Crippen LogP contribution in [-0.2, 0) is 0 Å². The molecule has 0 bridgehead atoms. The summed E-state index contributed by atoms with van der Waals surface area (Å²) >= 11 is 0. The number of rotatable bonds is 5. The number of hydrogen-bond acceptors (Lipinski definition) is 3. The van der Waals surface area contributed by atoms with Crippen molar-refractivity contribution < 1.29 is 5.11 Å². The Balaban J connectivity index is 1.79. The Morgan fingerprint density at radius 2 is 2.00 bits per heavy atom. The molecule has 3 atom stereocenters. The van der Waals surface area contributed by atoms with Crippen LogP contribution >= 0.6 is 0 Å². The van der Waals surface area contributed by atoms with Crippen molar-refractivity contribution in [3.8, 4) is 0 Å². The van der Waals surface area contributed by atoms with Crippen molar-refractivity contribution in [3.05, 3.63) is 0 Å². The van der Waals surface area contributed by atoms with Gasteiger partial charge in [-0.15, -0.1) is 0 Å². The molecule has 94 valence electrons. The summed E-state index contributed by atoms with van der Waals surface area (Å²) in [6.45, 7) is 7.13. The minimum absolute atomic E-state index is 0.272. The molecule has 1 saturated heterocycles. The first kappa shape index (κ1) is 12.3. The summed E-state index contributed by atoms with van der Waals surface area (Å²) in [4.78, 5) is 2.55. The van der Waals surface area contributed by atoms with E-state index in [0.29, 0.717) is 12.1 Å². The van der Waals surface area contributed by atoms with Crippen LogP contribution in [0.3, 0.4) is 0 Å². The summed E-state index contributed by atoms with van der Waals surface area (Å²) in [6.07, 6.45) is 5.26. The molecule has 0 radical (unpaired) electrons. The Hall–Kier alpha value is -0.120. The fourth-order valence-corrected chi connectivity index (χ4v) is 2.66. The first-order valence-electron chi connectivity index (χ1n) is 6.80. The van der Waals surface area contributed by atoms with Crippen LogP contribution in [0.15, 0.2) is 0 Å². The lowest BCUT2D eigenvalue weighted by atomic mass is 9.94. The van der Waals surface area contributed by atoms with Gasteiger partial charge in [-0.25, -0.2) is 0 Å². The maximum atomic E-state index is 9.40. The smallest absolute Gasteiger partial charge is 0.0597 e. The van der Waals surface area contributed by atoms with Crippen LogP contribution < -0.4 is 5.32 Å². The second-order valence-corrected chi connectivity index (χ2v) is 5.81. The summed E-state index contributed by atoms with van der Waals surface area (Å²) in [7, 11) is 0. The van der Waals surface area contributed by atoms with E-state index >= 15 is 0 Å². The van der Waals surface area contributed by atoms with E-state index < -0.39 is 0 Å². The number of piperidine rings is 1. The molecule has 3 nitrogen and oxygen atoms in total. The van der Waals surface area contributed by atoms with Gasteiger partial charge in [-0.1, -0.05) is 6.92 Å². The van der Waals surface area contributed by atoms with E-state index in [1.54, 1.807) is 0 Å². The van der Waals surface area contributed by atoms with Gasteiger partial charge < -0.3 is 10.4 Å². The lowest BCUT2D eigenvalue weighted by Gasteiger charge is -2.38. The SMILES string of the molecule is CC1CCC(C)N(CC(CO)NC2CC2)C1. The molecule has 0 aromatic heterocycles. The topological polar surface area (TPSA) is 35.5 Å². The van der Waals surface area contributed by atoms with Gasteiger partial charge in [-0.3, -0.25) is 4.90 Å². The molecule has 1 heterocycles. The van der Waals surface area contributed by atoms with E-state index in [2.05, 4.69) is 24.1 Å². The Morgan fingerprint density at radius 1 is 1.25 bits per heavy atom. The Bertz CT molecular complexity index is 218. The molecule has 0 amide bonds. The molecule has 1 saturated carbocycles. The van der Waals surface area contributed by atoms with Crippen molar-refractivity contribution in [1.82, 2.24) is 10.2 Å². The lowest BCUT2D eigenvalue weighted by molar-refractivity contribution is 0.0965. The van der Waals surface area contributed by atoms with Crippen molar-refractivity contribution in [1.29, 1.82) is 0 Å². The van der Waals surface area contributed by atoms with Gasteiger partial charge in [-0.05, 0) is 38.5 Å². The minimum atomic E-state index is 0.272. The van der Waals surface area contributed by atoms with Gasteiger partial charge in [-0.2, -0.15) is 0 Å². The summed E-state index contributed by atoms with van der Waals surface area (Å²) in [6, 6.07) is 1.65. The van der Waals surface area contributed by atoms with Crippen molar-refractivity contribution in [2.75, 3.05) is 19.7 Å². The Kier molecular flexibility index (Phi) is 4.22. The molecular weight excluding hydrogens is 200 g/mol. The van der Waals surface area contributed by atoms with Gasteiger partial charge in [0.25, 0.3) is 0 Å². The number of hydrogen-bond donors (Lipinski definition) is 2. The predicted molar refractivity (Wildman–Crippen MR) is 66.5 cm³/mol. The van der Waals surface area contributed by atoms with Crippen molar-refractivity contribution >= 4 is 0 Å². The molecule has 0 spiro atoms. The molecule has 0 aromatic rings. The average molecular weight is 226 g/mol. The van der Waals surface area contributed by atoms with Gasteiger partial charge in [0.05, 0.1) is 6.61 Å². The summed E-state index contributed by atoms with van der Waals surface area (Å²) in [5.41, 5.74) is 0. The first-order chi connectivity index (χ1) is 7.69. The second-order valence-electron chi connectivity index (χ2n) is 5.81. The van der Waals surface area contributed by atoms with Crippen LogP contribution in [-0.4, -0.2) is 47.8 Å². The van der Waals surface area contributed by atoms with E-state index in [1.165, 1.54) is 32.2 Å². The average Bonchev–Trinajstić information content (AvgIpc) is 3.06. The lowest BCUT2D eigenvalue weighted by Crippen LogP contribution is -2.50. The van der Waals surface area contributed by atoms with E-state index in [0.717, 1.165) is 12.5 Å². The number of likely N-dealkylation sites (tertiary alicyclic amines) is 1. The van der Waals surface area contributed by atoms with Crippen molar-refractivity contribution in [3.63, 3.8) is 0 Å². The predicted octanol–water partition coefficient (Wildman–Crippen LogP) is 1.22. The third-order valence-corrected chi connectivity index (χ3v) is 3.97. The molecule has 0 aromatic carbocycles. The van der Waals surface area contributed by atoms with Crippen LogP contribution in [0.2, 0.25) is 0 Å². The zero-order valence-electron chi connectivity index (χ0n) is 10.7. The van der Waals surface area contributed by atoms with E-state index in [1.807, 2.05) is 0 Å². The molecule has 1 aliphatic carbocycles. The second kappa shape index (κ2) is 5.48. The number of aliphatic hydroxyl groups is 1. The molecule has 2 N–H and O–H groups in total. The molecule has 1 aliphatic heterocycles. The fraction of sp³-hybridized carbons (Fsp3) is 1.00. The van der Waals surface area contributed by atoms with Crippen LogP contribution in [0, 0.1) is 5.92 Å². The normalized spacial score (nSPS) is 33.9. The van der Waals surface area contributed by atoms with E-state index in [-0.39, 0.29) is 12.6 Å². The van der Waals surface area contributed by atoms with Gasteiger partial charge in [0.1, 0.15) is 0 Å². The minimum Gasteiger partial charge on any atom is -0.395 e. The van der Waals surface area contributed by atoms with Gasteiger partial charge in [0.2, 0.25) is 0 Å². The molecule has 3 unspecified atom stereocenters. The number of nitrogens with zero attached hydrogens (tertiary/aromatic N) is 1. The third-order valence-electron chi connectivity index (χ3n) is 3.97. The van der Waals surface area contributed by atoms with Gasteiger partial charge >= 0.3 is 0 Å². The third kappa shape index (κ3) is 3.44.